The van der Waals surface area contributed by atoms with Gasteiger partial charge in [0.1, 0.15) is 22.2 Å². The molecular formula is C54H37NO2. The summed E-state index contributed by atoms with van der Waals surface area (Å²) >= 11 is 0. The first-order valence-electron chi connectivity index (χ1n) is 19.6. The zero-order chi connectivity index (χ0) is 37.7. The average Bonchev–Trinajstić information content (AvgIpc) is 3.87. The maximum Gasteiger partial charge on any atom is 0.143 e. The van der Waals surface area contributed by atoms with Crippen molar-refractivity contribution in [1.82, 2.24) is 0 Å². The minimum atomic E-state index is 0.905. The molecule has 0 N–H and O–H groups in total. The monoisotopic (exact) mass is 731 g/mol. The molecule has 10 aromatic rings. The highest BCUT2D eigenvalue weighted by molar-refractivity contribution is 6.09. The van der Waals surface area contributed by atoms with E-state index in [0.717, 1.165) is 74.0 Å². The molecule has 0 atom stereocenters. The normalized spacial score (nSPS) is 12.5. The lowest BCUT2D eigenvalue weighted by Gasteiger charge is -2.26. The minimum Gasteiger partial charge on any atom is -0.456 e. The van der Waals surface area contributed by atoms with Gasteiger partial charge in [-0.2, -0.15) is 0 Å². The molecule has 0 saturated carbocycles. The van der Waals surface area contributed by atoms with Gasteiger partial charge in [-0.05, 0) is 94.8 Å². The Balaban J connectivity index is 0.975. The summed E-state index contributed by atoms with van der Waals surface area (Å²) in [6.07, 6.45) is 4.26. The van der Waals surface area contributed by atoms with Crippen LogP contribution in [0.1, 0.15) is 18.4 Å². The first-order chi connectivity index (χ1) is 28.2. The van der Waals surface area contributed by atoms with E-state index in [1.54, 1.807) is 0 Å². The van der Waals surface area contributed by atoms with Crippen LogP contribution in [0.2, 0.25) is 0 Å². The number of nitrogens with zero attached hydrogens (tertiary/aromatic N) is 1. The van der Waals surface area contributed by atoms with Crippen molar-refractivity contribution in [2.24, 2.45) is 0 Å². The smallest absolute Gasteiger partial charge is 0.143 e. The molecule has 270 valence electrons. The zero-order valence-electron chi connectivity index (χ0n) is 31.2. The van der Waals surface area contributed by atoms with Gasteiger partial charge in [0.15, 0.2) is 0 Å². The van der Waals surface area contributed by atoms with Crippen molar-refractivity contribution in [1.29, 1.82) is 0 Å². The van der Waals surface area contributed by atoms with Gasteiger partial charge in [0, 0.05) is 49.6 Å². The Morgan fingerprint density at radius 1 is 0.368 bits per heavy atom. The van der Waals surface area contributed by atoms with Crippen LogP contribution in [0, 0.1) is 0 Å². The summed E-state index contributed by atoms with van der Waals surface area (Å²) in [5.41, 5.74) is 16.4. The van der Waals surface area contributed by atoms with Crippen LogP contribution in [-0.2, 0) is 0 Å². The number of para-hydroxylation sites is 3. The second-order valence-electron chi connectivity index (χ2n) is 14.8. The van der Waals surface area contributed by atoms with Gasteiger partial charge in [-0.15, -0.1) is 0 Å². The molecule has 57 heavy (non-hydrogen) atoms. The van der Waals surface area contributed by atoms with Crippen molar-refractivity contribution >= 4 is 61.6 Å². The predicted octanol–water partition coefficient (Wildman–Crippen LogP) is 13.6. The van der Waals surface area contributed by atoms with Crippen molar-refractivity contribution in [3.63, 3.8) is 0 Å². The van der Waals surface area contributed by atoms with Crippen LogP contribution < -0.4 is 15.5 Å². The third kappa shape index (κ3) is 5.84. The van der Waals surface area contributed by atoms with E-state index < -0.39 is 0 Å². The number of rotatable bonds is 7. The molecule has 0 radical (unpaired) electrons. The number of fused-ring (bicyclic) bond motifs is 6. The molecule has 0 bridgehead atoms. The summed E-state index contributed by atoms with van der Waals surface area (Å²) in [5.74, 6) is 0. The van der Waals surface area contributed by atoms with Crippen molar-refractivity contribution in [3.05, 3.63) is 210 Å². The molecule has 0 aliphatic heterocycles. The predicted molar refractivity (Wildman–Crippen MR) is 236 cm³/mol. The topological polar surface area (TPSA) is 29.5 Å². The molecule has 0 spiro atoms. The molecule has 3 heteroatoms. The average molecular weight is 732 g/mol. The Morgan fingerprint density at radius 3 is 1.51 bits per heavy atom. The quantitative estimate of drug-likeness (QED) is 0.163. The Hall–Kier alpha value is -7.36. The maximum atomic E-state index is 6.46. The SMILES string of the molecule is C1=c2c(oc3ccccc23)=C(c2ccc(N(c3ccc(-c4ccc(-c5ccccc5)cc4)cc3)c3ccc(-c4cccc5c4oc4ccccc45)cc3)cc2)CC1. The number of furan rings is 2. The molecule has 2 heterocycles. The second kappa shape index (κ2) is 13.7. The van der Waals surface area contributed by atoms with E-state index in [1.165, 1.54) is 44.0 Å². The number of benzene rings is 8. The van der Waals surface area contributed by atoms with Crippen LogP contribution in [0.4, 0.5) is 17.1 Å². The summed E-state index contributed by atoms with van der Waals surface area (Å²) in [6, 6.07) is 69.1. The molecule has 8 aromatic carbocycles. The van der Waals surface area contributed by atoms with E-state index in [2.05, 4.69) is 187 Å². The van der Waals surface area contributed by atoms with E-state index >= 15 is 0 Å². The molecular weight excluding hydrogens is 695 g/mol. The van der Waals surface area contributed by atoms with Crippen molar-refractivity contribution in [2.75, 3.05) is 4.90 Å². The fourth-order valence-electron chi connectivity index (χ4n) is 8.55. The lowest BCUT2D eigenvalue weighted by Crippen LogP contribution is -2.26. The van der Waals surface area contributed by atoms with Gasteiger partial charge in [-0.25, -0.2) is 0 Å². The zero-order valence-corrected chi connectivity index (χ0v) is 31.2. The fraction of sp³-hybridized carbons (Fsp3) is 0.0370. The highest BCUT2D eigenvalue weighted by Gasteiger charge is 2.18. The Bertz CT molecular complexity index is 3190. The van der Waals surface area contributed by atoms with Gasteiger partial charge in [0.2, 0.25) is 0 Å². The number of anilines is 3. The second-order valence-corrected chi connectivity index (χ2v) is 14.8. The number of hydrogen-bond acceptors (Lipinski definition) is 3. The van der Waals surface area contributed by atoms with Crippen LogP contribution in [-0.4, -0.2) is 0 Å². The lowest BCUT2D eigenvalue weighted by molar-refractivity contribution is 0.568. The first-order valence-corrected chi connectivity index (χ1v) is 19.6. The van der Waals surface area contributed by atoms with Gasteiger partial charge in [0.25, 0.3) is 0 Å². The van der Waals surface area contributed by atoms with Gasteiger partial charge < -0.3 is 13.7 Å². The van der Waals surface area contributed by atoms with Crippen molar-refractivity contribution in [2.45, 2.75) is 12.8 Å². The molecule has 0 saturated heterocycles. The van der Waals surface area contributed by atoms with E-state index in [0.29, 0.717) is 0 Å². The third-order valence-corrected chi connectivity index (χ3v) is 11.4. The Labute approximate surface area is 330 Å². The molecule has 2 aromatic heterocycles. The first kappa shape index (κ1) is 33.0. The molecule has 1 aliphatic carbocycles. The summed E-state index contributed by atoms with van der Waals surface area (Å²) in [5, 5.41) is 4.67. The molecule has 0 amide bonds. The lowest BCUT2D eigenvalue weighted by atomic mass is 9.96. The van der Waals surface area contributed by atoms with Crippen LogP contribution in [0.5, 0.6) is 0 Å². The Morgan fingerprint density at radius 2 is 0.860 bits per heavy atom. The van der Waals surface area contributed by atoms with Crippen molar-refractivity contribution in [3.8, 4) is 33.4 Å². The molecule has 0 unspecified atom stereocenters. The van der Waals surface area contributed by atoms with Gasteiger partial charge >= 0.3 is 0 Å². The molecule has 1 aliphatic rings. The molecule has 11 rings (SSSR count). The van der Waals surface area contributed by atoms with Crippen LogP contribution >= 0.6 is 0 Å². The summed E-state index contributed by atoms with van der Waals surface area (Å²) in [7, 11) is 0. The fourth-order valence-corrected chi connectivity index (χ4v) is 8.55. The largest absolute Gasteiger partial charge is 0.456 e. The standard InChI is InChI=1S/C54H37NO2/c1-2-10-36(11-3-1)37-20-22-38(23-21-37)39-24-30-42(31-25-39)55(43-32-26-40(27-33-43)45-14-8-16-49-47-12-4-6-18-51(47)56-53(45)49)44-34-28-41(29-35-44)46-15-9-17-50-48-13-5-7-19-52(48)57-54(46)50/h1-8,10-14,16-35H,9,15H2. The molecule has 3 nitrogen and oxygen atoms in total. The van der Waals surface area contributed by atoms with Crippen LogP contribution in [0.25, 0.3) is 77.9 Å². The Kier molecular flexibility index (Phi) is 7.96. The number of hydrogen-bond donors (Lipinski definition) is 0. The summed E-state index contributed by atoms with van der Waals surface area (Å²) in [6.45, 7) is 0. The third-order valence-electron chi connectivity index (χ3n) is 11.4. The van der Waals surface area contributed by atoms with Gasteiger partial charge in [0.05, 0.1) is 0 Å². The highest BCUT2D eigenvalue weighted by atomic mass is 16.3. The van der Waals surface area contributed by atoms with E-state index in [9.17, 15) is 0 Å². The van der Waals surface area contributed by atoms with E-state index in [-0.39, 0.29) is 0 Å². The van der Waals surface area contributed by atoms with Crippen LogP contribution in [0.3, 0.4) is 0 Å². The van der Waals surface area contributed by atoms with E-state index in [4.69, 9.17) is 8.83 Å². The van der Waals surface area contributed by atoms with E-state index in [1.807, 2.05) is 18.2 Å². The summed E-state index contributed by atoms with van der Waals surface area (Å²) in [4.78, 5) is 2.34. The molecule has 0 fully saturated rings. The van der Waals surface area contributed by atoms with Crippen molar-refractivity contribution < 1.29 is 8.83 Å². The van der Waals surface area contributed by atoms with Crippen LogP contribution in [0.15, 0.2) is 203 Å². The summed E-state index contributed by atoms with van der Waals surface area (Å²) < 4.78 is 12.9. The maximum absolute atomic E-state index is 6.46. The minimum absolute atomic E-state index is 0.905. The highest BCUT2D eigenvalue weighted by Crippen LogP contribution is 2.40. The van der Waals surface area contributed by atoms with Gasteiger partial charge in [-0.3, -0.25) is 0 Å². The van der Waals surface area contributed by atoms with Gasteiger partial charge in [-0.1, -0.05) is 152 Å².